The third-order valence-electron chi connectivity index (χ3n) is 4.87. The minimum atomic E-state index is -0.655. The molecule has 2 aliphatic rings. The van der Waals surface area contributed by atoms with Crippen LogP contribution in [0.3, 0.4) is 0 Å². The van der Waals surface area contributed by atoms with Gasteiger partial charge in [0.25, 0.3) is 5.56 Å². The first-order valence-corrected chi connectivity index (χ1v) is 8.26. The molecule has 0 saturated carbocycles. The molecule has 1 unspecified atom stereocenters. The molecule has 0 aliphatic carbocycles. The highest BCUT2D eigenvalue weighted by Gasteiger charge is 2.46. The fraction of sp³-hybridized carbons (Fsp3) is 0.412. The number of fused-ring (bicyclic) bond motifs is 1. The summed E-state index contributed by atoms with van der Waals surface area (Å²) in [6, 6.07) is 7.18. The molecule has 3 N–H and O–H groups in total. The number of para-hydroxylation sites is 1. The van der Waals surface area contributed by atoms with Crippen LogP contribution in [-0.2, 0) is 9.59 Å². The first kappa shape index (κ1) is 15.6. The highest BCUT2D eigenvalue weighted by molar-refractivity contribution is 5.92. The Labute approximate surface area is 143 Å². The molecule has 25 heavy (non-hydrogen) atoms. The summed E-state index contributed by atoms with van der Waals surface area (Å²) in [7, 11) is 0. The molecule has 2 amide bonds. The van der Waals surface area contributed by atoms with Gasteiger partial charge in [-0.15, -0.1) is 0 Å². The van der Waals surface area contributed by atoms with Crippen molar-refractivity contribution in [3.63, 3.8) is 0 Å². The molecule has 2 saturated heterocycles. The molecule has 2 aliphatic heterocycles. The molecule has 2 aromatic rings. The quantitative estimate of drug-likeness (QED) is 0.732. The summed E-state index contributed by atoms with van der Waals surface area (Å²) in [6.07, 6.45) is 0.236. The van der Waals surface area contributed by atoms with Crippen molar-refractivity contribution in [2.24, 2.45) is 5.41 Å². The highest BCUT2D eigenvalue weighted by atomic mass is 16.2. The van der Waals surface area contributed by atoms with Crippen LogP contribution in [0.5, 0.6) is 0 Å². The monoisotopic (exact) mass is 341 g/mol. The smallest absolute Gasteiger partial charge is 0.260 e. The Bertz CT molecular complexity index is 918. The van der Waals surface area contributed by atoms with Gasteiger partial charge in [-0.25, -0.2) is 4.98 Å². The van der Waals surface area contributed by atoms with Crippen LogP contribution < -0.4 is 16.2 Å². The molecule has 0 spiro atoms. The van der Waals surface area contributed by atoms with E-state index in [1.165, 1.54) is 0 Å². The van der Waals surface area contributed by atoms with E-state index in [1.54, 1.807) is 23.1 Å². The van der Waals surface area contributed by atoms with Crippen molar-refractivity contribution in [2.75, 3.05) is 25.0 Å². The number of hydrogen-bond donors (Lipinski definition) is 3. The van der Waals surface area contributed by atoms with Gasteiger partial charge in [-0.05, 0) is 19.1 Å². The van der Waals surface area contributed by atoms with Gasteiger partial charge in [0.15, 0.2) is 0 Å². The average molecular weight is 341 g/mol. The van der Waals surface area contributed by atoms with Gasteiger partial charge in [-0.3, -0.25) is 19.4 Å². The lowest BCUT2D eigenvalue weighted by Crippen LogP contribution is -2.60. The van der Waals surface area contributed by atoms with Crippen LogP contribution in [0.2, 0.25) is 0 Å². The molecular formula is C17H19N5O3. The SMILES string of the molecule is CC1(C(=O)N2CC(Nc3nc4ccccc4c(=O)[nH]3)C2)CNC(=O)C1. The summed E-state index contributed by atoms with van der Waals surface area (Å²) < 4.78 is 0. The third-order valence-corrected chi connectivity index (χ3v) is 4.87. The van der Waals surface area contributed by atoms with Crippen molar-refractivity contribution >= 4 is 28.7 Å². The molecule has 8 nitrogen and oxygen atoms in total. The minimum Gasteiger partial charge on any atom is -0.355 e. The van der Waals surface area contributed by atoms with Gasteiger partial charge in [-0.1, -0.05) is 12.1 Å². The van der Waals surface area contributed by atoms with E-state index in [9.17, 15) is 14.4 Å². The number of carbonyl (C=O) groups is 2. The van der Waals surface area contributed by atoms with Gasteiger partial charge in [0.2, 0.25) is 17.8 Å². The Balaban J connectivity index is 1.41. The number of rotatable bonds is 3. The number of carbonyl (C=O) groups excluding carboxylic acids is 2. The van der Waals surface area contributed by atoms with Crippen molar-refractivity contribution < 1.29 is 9.59 Å². The fourth-order valence-electron chi connectivity index (χ4n) is 3.39. The largest absolute Gasteiger partial charge is 0.355 e. The van der Waals surface area contributed by atoms with Gasteiger partial charge in [-0.2, -0.15) is 0 Å². The number of H-pyrrole nitrogens is 1. The van der Waals surface area contributed by atoms with Crippen LogP contribution in [0.25, 0.3) is 10.9 Å². The fourth-order valence-corrected chi connectivity index (χ4v) is 3.39. The standard InChI is InChI=1S/C17H19N5O3/c1-17(6-13(23)18-9-17)15(25)22-7-10(8-22)19-16-20-12-5-3-2-4-11(12)14(24)21-16/h2-5,10H,6-9H2,1H3,(H,18,23)(H2,19,20,21,24). The van der Waals surface area contributed by atoms with Gasteiger partial charge in [0.1, 0.15) is 0 Å². The Morgan fingerprint density at radius 3 is 2.80 bits per heavy atom. The second-order valence-electron chi connectivity index (χ2n) is 7.00. The molecule has 2 fully saturated rings. The van der Waals surface area contributed by atoms with Crippen molar-refractivity contribution in [1.29, 1.82) is 0 Å². The number of amides is 2. The molecule has 4 rings (SSSR count). The van der Waals surface area contributed by atoms with Gasteiger partial charge in [0.05, 0.1) is 22.4 Å². The number of nitrogens with one attached hydrogen (secondary N) is 3. The van der Waals surface area contributed by atoms with E-state index in [0.717, 1.165) is 0 Å². The topological polar surface area (TPSA) is 107 Å². The molecule has 0 radical (unpaired) electrons. The molecule has 3 heterocycles. The van der Waals surface area contributed by atoms with Crippen LogP contribution in [0.4, 0.5) is 5.95 Å². The zero-order valence-corrected chi connectivity index (χ0v) is 13.8. The summed E-state index contributed by atoms with van der Waals surface area (Å²) in [4.78, 5) is 44.9. The van der Waals surface area contributed by atoms with Gasteiger partial charge < -0.3 is 15.5 Å². The lowest BCUT2D eigenvalue weighted by molar-refractivity contribution is -0.145. The van der Waals surface area contributed by atoms with Crippen LogP contribution in [0.1, 0.15) is 13.3 Å². The summed E-state index contributed by atoms with van der Waals surface area (Å²) >= 11 is 0. The average Bonchev–Trinajstić information content (AvgIpc) is 2.90. The highest BCUT2D eigenvalue weighted by Crippen LogP contribution is 2.30. The Kier molecular flexibility index (Phi) is 3.48. The Hall–Kier alpha value is -2.90. The van der Waals surface area contributed by atoms with E-state index in [-0.39, 0.29) is 29.8 Å². The molecular weight excluding hydrogens is 322 g/mol. The van der Waals surface area contributed by atoms with Gasteiger partial charge >= 0.3 is 0 Å². The van der Waals surface area contributed by atoms with Crippen molar-refractivity contribution in [3.8, 4) is 0 Å². The maximum atomic E-state index is 12.6. The van der Waals surface area contributed by atoms with Crippen molar-refractivity contribution in [3.05, 3.63) is 34.6 Å². The maximum absolute atomic E-state index is 12.6. The normalized spacial score (nSPS) is 23.4. The van der Waals surface area contributed by atoms with E-state index >= 15 is 0 Å². The summed E-state index contributed by atoms with van der Waals surface area (Å²) in [5.74, 6) is 0.317. The summed E-state index contributed by atoms with van der Waals surface area (Å²) in [5.41, 5.74) is -0.218. The minimum absolute atomic E-state index is 0.0103. The van der Waals surface area contributed by atoms with Crippen LogP contribution in [-0.4, -0.2) is 52.4 Å². The van der Waals surface area contributed by atoms with Crippen LogP contribution >= 0.6 is 0 Å². The summed E-state index contributed by atoms with van der Waals surface area (Å²) in [6.45, 7) is 3.26. The van der Waals surface area contributed by atoms with Crippen LogP contribution in [0.15, 0.2) is 29.1 Å². The number of aromatic amines is 1. The number of nitrogens with zero attached hydrogens (tertiary/aromatic N) is 2. The predicted octanol–water partition coefficient (Wildman–Crippen LogP) is 0.0720. The van der Waals surface area contributed by atoms with E-state index in [2.05, 4.69) is 20.6 Å². The van der Waals surface area contributed by atoms with E-state index < -0.39 is 5.41 Å². The third kappa shape index (κ3) is 2.73. The first-order valence-electron chi connectivity index (χ1n) is 8.26. The Morgan fingerprint density at radius 2 is 2.08 bits per heavy atom. The second kappa shape index (κ2) is 5.58. The van der Waals surface area contributed by atoms with Crippen molar-refractivity contribution in [1.82, 2.24) is 20.2 Å². The Morgan fingerprint density at radius 1 is 1.32 bits per heavy atom. The zero-order valence-electron chi connectivity index (χ0n) is 13.8. The lowest BCUT2D eigenvalue weighted by atomic mass is 9.86. The van der Waals surface area contributed by atoms with Crippen LogP contribution in [0, 0.1) is 5.41 Å². The molecule has 1 atom stereocenters. The molecule has 8 heteroatoms. The van der Waals surface area contributed by atoms with Crippen molar-refractivity contribution in [2.45, 2.75) is 19.4 Å². The van der Waals surface area contributed by atoms with E-state index in [0.29, 0.717) is 36.5 Å². The number of aromatic nitrogens is 2. The number of hydrogen-bond acceptors (Lipinski definition) is 5. The second-order valence-corrected chi connectivity index (χ2v) is 7.00. The lowest BCUT2D eigenvalue weighted by Gasteiger charge is -2.42. The maximum Gasteiger partial charge on any atom is 0.260 e. The predicted molar refractivity (Wildman–Crippen MR) is 92.1 cm³/mol. The molecule has 1 aromatic heterocycles. The molecule has 130 valence electrons. The number of benzene rings is 1. The van der Waals surface area contributed by atoms with E-state index in [1.807, 2.05) is 13.0 Å². The zero-order chi connectivity index (χ0) is 17.6. The number of anilines is 1. The number of likely N-dealkylation sites (tertiary alicyclic amines) is 1. The van der Waals surface area contributed by atoms with Gasteiger partial charge in [0, 0.05) is 26.1 Å². The molecule has 0 bridgehead atoms. The molecule has 1 aromatic carbocycles. The first-order chi connectivity index (χ1) is 11.9. The van der Waals surface area contributed by atoms with E-state index in [4.69, 9.17) is 0 Å². The summed E-state index contributed by atoms with van der Waals surface area (Å²) in [5, 5.41) is 6.43.